The molecular formula is C18H26N4O2. The summed E-state index contributed by atoms with van der Waals surface area (Å²) in [6, 6.07) is 0. The van der Waals surface area contributed by atoms with E-state index in [0.717, 1.165) is 68.9 Å². The van der Waals surface area contributed by atoms with Crippen LogP contribution in [0.2, 0.25) is 0 Å². The molecule has 0 unspecified atom stereocenters. The summed E-state index contributed by atoms with van der Waals surface area (Å²) < 4.78 is 10.8. The van der Waals surface area contributed by atoms with Gasteiger partial charge in [-0.3, -0.25) is 0 Å². The highest BCUT2D eigenvalue weighted by Crippen LogP contribution is 2.30. The van der Waals surface area contributed by atoms with E-state index < -0.39 is 0 Å². The number of methoxy groups -OCH3 is 1. The maximum absolute atomic E-state index is 5.44. The number of allylic oxidation sites excluding steroid dienone is 3. The molecule has 3 rings (SSSR count). The van der Waals surface area contributed by atoms with Gasteiger partial charge in [-0.1, -0.05) is 6.08 Å². The van der Waals surface area contributed by atoms with Gasteiger partial charge in [-0.05, 0) is 25.5 Å². The Morgan fingerprint density at radius 3 is 2.75 bits per heavy atom. The van der Waals surface area contributed by atoms with Crippen molar-refractivity contribution in [2.24, 2.45) is 0 Å². The van der Waals surface area contributed by atoms with Gasteiger partial charge in [0.05, 0.1) is 26.0 Å². The van der Waals surface area contributed by atoms with E-state index >= 15 is 0 Å². The minimum absolute atomic E-state index is 0.737. The van der Waals surface area contributed by atoms with E-state index in [-0.39, 0.29) is 0 Å². The Morgan fingerprint density at radius 1 is 1.25 bits per heavy atom. The molecule has 2 aliphatic rings. The zero-order valence-electron chi connectivity index (χ0n) is 14.8. The summed E-state index contributed by atoms with van der Waals surface area (Å²) in [5, 5.41) is 0. The predicted octanol–water partition coefficient (Wildman–Crippen LogP) is 1.95. The van der Waals surface area contributed by atoms with Crippen LogP contribution in [-0.4, -0.2) is 57.0 Å². The molecule has 130 valence electrons. The van der Waals surface area contributed by atoms with Crippen LogP contribution in [0.1, 0.15) is 18.2 Å². The van der Waals surface area contributed by atoms with Crippen LogP contribution in [-0.2, 0) is 22.3 Å². The number of likely N-dealkylation sites (N-methyl/N-ethyl adjacent to an activating group) is 1. The minimum atomic E-state index is 0.737. The predicted molar refractivity (Wildman–Crippen MR) is 95.6 cm³/mol. The van der Waals surface area contributed by atoms with Gasteiger partial charge >= 0.3 is 0 Å². The third kappa shape index (κ3) is 3.53. The lowest BCUT2D eigenvalue weighted by atomic mass is 10.1. The molecule has 0 N–H and O–H groups in total. The summed E-state index contributed by atoms with van der Waals surface area (Å²) in [7, 11) is 3.80. The van der Waals surface area contributed by atoms with Crippen molar-refractivity contribution < 1.29 is 9.47 Å². The number of hydrogen-bond acceptors (Lipinski definition) is 6. The molecule has 0 aromatic carbocycles. The largest absolute Gasteiger partial charge is 0.497 e. The SMILES string of the molecule is C/C=C\C(=C/Cc1nc(N2CCOCC2)nc2c1CCN2C)OC. The normalized spacial score (nSPS) is 18.4. The first-order valence-corrected chi connectivity index (χ1v) is 8.53. The van der Waals surface area contributed by atoms with Crippen molar-refractivity contribution >= 4 is 11.8 Å². The van der Waals surface area contributed by atoms with Crippen LogP contribution in [0.3, 0.4) is 0 Å². The van der Waals surface area contributed by atoms with Crippen LogP contribution in [0.4, 0.5) is 11.8 Å². The number of hydrogen-bond donors (Lipinski definition) is 0. The number of nitrogens with zero attached hydrogens (tertiary/aromatic N) is 4. The van der Waals surface area contributed by atoms with E-state index in [0.29, 0.717) is 0 Å². The van der Waals surface area contributed by atoms with Gasteiger partial charge in [-0.2, -0.15) is 4.98 Å². The highest BCUT2D eigenvalue weighted by atomic mass is 16.5. The van der Waals surface area contributed by atoms with Crippen LogP contribution in [0.25, 0.3) is 0 Å². The van der Waals surface area contributed by atoms with E-state index in [1.165, 1.54) is 5.56 Å². The molecule has 1 aromatic heterocycles. The highest BCUT2D eigenvalue weighted by Gasteiger charge is 2.25. The highest BCUT2D eigenvalue weighted by molar-refractivity contribution is 5.57. The number of rotatable bonds is 5. The average Bonchev–Trinajstić information content (AvgIpc) is 3.00. The van der Waals surface area contributed by atoms with Gasteiger partial charge < -0.3 is 19.3 Å². The fourth-order valence-electron chi connectivity index (χ4n) is 3.12. The van der Waals surface area contributed by atoms with E-state index in [1.807, 2.05) is 19.1 Å². The number of anilines is 2. The summed E-state index contributed by atoms with van der Waals surface area (Å²) >= 11 is 0. The van der Waals surface area contributed by atoms with E-state index in [4.69, 9.17) is 19.4 Å². The Balaban J connectivity index is 1.92. The number of aromatic nitrogens is 2. The van der Waals surface area contributed by atoms with Crippen LogP contribution in [0, 0.1) is 0 Å². The molecule has 1 fully saturated rings. The second-order valence-corrected chi connectivity index (χ2v) is 6.06. The van der Waals surface area contributed by atoms with Crippen LogP contribution in [0.5, 0.6) is 0 Å². The third-order valence-corrected chi connectivity index (χ3v) is 4.48. The first kappa shape index (κ1) is 16.8. The standard InChI is InChI=1S/C18H26N4O2/c1-4-5-14(23-3)6-7-16-15-8-9-21(2)17(15)20-18(19-16)22-10-12-24-13-11-22/h4-6H,7-13H2,1-3H3/b5-4-,14-6+. The molecule has 6 heteroatoms. The molecule has 2 aliphatic heterocycles. The first-order valence-electron chi connectivity index (χ1n) is 8.53. The second kappa shape index (κ2) is 7.66. The quantitative estimate of drug-likeness (QED) is 0.608. The van der Waals surface area contributed by atoms with Crippen molar-refractivity contribution in [1.29, 1.82) is 0 Å². The number of ether oxygens (including phenoxy) is 2. The zero-order valence-corrected chi connectivity index (χ0v) is 14.8. The van der Waals surface area contributed by atoms with E-state index in [1.54, 1.807) is 7.11 Å². The molecule has 0 atom stereocenters. The Hall–Kier alpha value is -2.08. The molecule has 24 heavy (non-hydrogen) atoms. The van der Waals surface area contributed by atoms with Crippen molar-refractivity contribution in [3.8, 4) is 0 Å². The van der Waals surface area contributed by atoms with Gasteiger partial charge in [0, 0.05) is 38.7 Å². The van der Waals surface area contributed by atoms with Crippen LogP contribution < -0.4 is 9.80 Å². The Labute approximate surface area is 143 Å². The van der Waals surface area contributed by atoms with Gasteiger partial charge in [0.1, 0.15) is 11.6 Å². The lowest BCUT2D eigenvalue weighted by Crippen LogP contribution is -2.37. The summed E-state index contributed by atoms with van der Waals surface area (Å²) in [6.45, 7) is 6.15. The second-order valence-electron chi connectivity index (χ2n) is 6.06. The minimum Gasteiger partial charge on any atom is -0.497 e. The molecule has 0 spiro atoms. The Morgan fingerprint density at radius 2 is 2.04 bits per heavy atom. The van der Waals surface area contributed by atoms with Gasteiger partial charge in [0.2, 0.25) is 5.95 Å². The fraction of sp³-hybridized carbons (Fsp3) is 0.556. The lowest BCUT2D eigenvalue weighted by Gasteiger charge is -2.28. The van der Waals surface area contributed by atoms with E-state index in [9.17, 15) is 0 Å². The molecule has 0 saturated carbocycles. The molecule has 3 heterocycles. The van der Waals surface area contributed by atoms with Crippen LogP contribution in [0.15, 0.2) is 24.0 Å². The average molecular weight is 330 g/mol. The molecule has 1 saturated heterocycles. The third-order valence-electron chi connectivity index (χ3n) is 4.48. The first-order chi connectivity index (χ1) is 11.7. The molecule has 0 radical (unpaired) electrons. The van der Waals surface area contributed by atoms with Gasteiger partial charge in [-0.15, -0.1) is 0 Å². The number of morpholine rings is 1. The van der Waals surface area contributed by atoms with Gasteiger partial charge in [-0.25, -0.2) is 4.98 Å². The van der Waals surface area contributed by atoms with Crippen molar-refractivity contribution in [3.05, 3.63) is 35.2 Å². The van der Waals surface area contributed by atoms with Gasteiger partial charge in [0.15, 0.2) is 0 Å². The van der Waals surface area contributed by atoms with Crippen molar-refractivity contribution in [2.45, 2.75) is 19.8 Å². The summed E-state index contributed by atoms with van der Waals surface area (Å²) in [6.07, 6.45) is 7.79. The molecule has 6 nitrogen and oxygen atoms in total. The Bertz CT molecular complexity index is 636. The molecule has 0 bridgehead atoms. The molecule has 1 aromatic rings. The smallest absolute Gasteiger partial charge is 0.227 e. The Kier molecular flexibility index (Phi) is 5.35. The zero-order chi connectivity index (χ0) is 16.9. The maximum Gasteiger partial charge on any atom is 0.227 e. The summed E-state index contributed by atoms with van der Waals surface area (Å²) in [4.78, 5) is 14.1. The maximum atomic E-state index is 5.44. The summed E-state index contributed by atoms with van der Waals surface area (Å²) in [5.74, 6) is 2.75. The van der Waals surface area contributed by atoms with Crippen LogP contribution >= 0.6 is 0 Å². The summed E-state index contributed by atoms with van der Waals surface area (Å²) in [5.41, 5.74) is 2.37. The monoisotopic (exact) mass is 330 g/mol. The van der Waals surface area contributed by atoms with E-state index in [2.05, 4.69) is 22.9 Å². The molecule has 0 aliphatic carbocycles. The van der Waals surface area contributed by atoms with Crippen molar-refractivity contribution in [1.82, 2.24) is 9.97 Å². The fourth-order valence-corrected chi connectivity index (χ4v) is 3.12. The topological polar surface area (TPSA) is 50.7 Å². The van der Waals surface area contributed by atoms with Crippen molar-refractivity contribution in [2.75, 3.05) is 56.8 Å². The molecular weight excluding hydrogens is 304 g/mol. The lowest BCUT2D eigenvalue weighted by molar-refractivity contribution is 0.122. The number of fused-ring (bicyclic) bond motifs is 1. The van der Waals surface area contributed by atoms with Gasteiger partial charge in [0.25, 0.3) is 0 Å². The molecule has 0 amide bonds. The van der Waals surface area contributed by atoms with Crippen molar-refractivity contribution in [3.63, 3.8) is 0 Å².